The van der Waals surface area contributed by atoms with Crippen molar-refractivity contribution in [1.82, 2.24) is 5.32 Å². The molecule has 2 aliphatic rings. The summed E-state index contributed by atoms with van der Waals surface area (Å²) in [6, 6.07) is 20.9. The molecule has 4 nitrogen and oxygen atoms in total. The van der Waals surface area contributed by atoms with Crippen molar-refractivity contribution < 1.29 is 9.69 Å². The molecule has 0 saturated heterocycles. The molecule has 5 heteroatoms. The number of hydrogen-bond donors (Lipinski definition) is 3. The van der Waals surface area contributed by atoms with E-state index < -0.39 is 0 Å². The third kappa shape index (κ3) is 3.78. The maximum absolute atomic E-state index is 13.0. The lowest BCUT2D eigenvalue weighted by Gasteiger charge is -2.28. The molecule has 3 N–H and O–H groups in total. The minimum absolute atomic E-state index is 0.0542. The molecule has 1 amide bonds. The van der Waals surface area contributed by atoms with E-state index in [1.807, 2.05) is 18.2 Å². The fourth-order valence-corrected chi connectivity index (χ4v) is 5.75. The van der Waals surface area contributed by atoms with Crippen molar-refractivity contribution in [2.75, 3.05) is 11.9 Å². The number of carbonyl (C=O) groups excluding carboxylic acids is 1. The number of amides is 1. The lowest BCUT2D eigenvalue weighted by molar-refractivity contribution is -0.929. The average Bonchev–Trinajstić information content (AvgIpc) is 3.13. The molecule has 1 unspecified atom stereocenters. The molecular formula is C25H26N3OS+. The topological polar surface area (TPSA) is 45.6 Å². The molecule has 0 saturated carbocycles. The van der Waals surface area contributed by atoms with E-state index in [2.05, 4.69) is 66.1 Å². The molecule has 2 aliphatic heterocycles. The van der Waals surface area contributed by atoms with Crippen LogP contribution < -0.4 is 15.5 Å². The van der Waals surface area contributed by atoms with Gasteiger partial charge < -0.3 is 15.5 Å². The van der Waals surface area contributed by atoms with Crippen LogP contribution in [0.4, 0.5) is 5.00 Å². The molecule has 2 aromatic carbocycles. The number of rotatable bonds is 4. The molecule has 0 radical (unpaired) electrons. The molecule has 152 valence electrons. The summed E-state index contributed by atoms with van der Waals surface area (Å²) >= 11 is 1.76. The maximum Gasteiger partial charge on any atom is 0.256 e. The normalized spacial score (nSPS) is 20.7. The number of carbonyl (C=O) groups is 1. The Morgan fingerprint density at radius 2 is 1.83 bits per heavy atom. The van der Waals surface area contributed by atoms with Crippen LogP contribution in [-0.2, 0) is 19.5 Å². The van der Waals surface area contributed by atoms with E-state index in [9.17, 15) is 4.79 Å². The Bertz CT molecular complexity index is 1090. The molecule has 3 aromatic rings. The van der Waals surface area contributed by atoms with Crippen molar-refractivity contribution in [2.45, 2.75) is 32.6 Å². The van der Waals surface area contributed by atoms with Crippen LogP contribution in [0.15, 0.2) is 66.2 Å². The maximum atomic E-state index is 13.0. The Morgan fingerprint density at radius 3 is 2.60 bits per heavy atom. The summed E-state index contributed by atoms with van der Waals surface area (Å²) in [5, 5.41) is 7.76. The van der Waals surface area contributed by atoms with Crippen LogP contribution in [0.25, 0.3) is 6.08 Å². The van der Waals surface area contributed by atoms with E-state index in [4.69, 9.17) is 0 Å². The Balaban J connectivity index is 1.35. The standard InChI is InChI=1S/C25H25N3OS/c1-17(14-18-8-4-2-5-9-18)23-26-24(29)22-20-12-13-28(15-19-10-6-3-7-11-19)16-21(20)30-25(22)27-23/h2-11,14,23,27H,12-13,15-16H2,1H3,(H,26,29)/p+1/b17-14-/t23-/m0/s1. The number of nitrogens with one attached hydrogen (secondary N) is 3. The van der Waals surface area contributed by atoms with Crippen LogP contribution in [0.5, 0.6) is 0 Å². The summed E-state index contributed by atoms with van der Waals surface area (Å²) in [6.45, 7) is 5.15. The molecule has 0 aliphatic carbocycles. The lowest BCUT2D eigenvalue weighted by Crippen LogP contribution is -3.10. The minimum Gasteiger partial charge on any atom is -0.353 e. The molecule has 5 rings (SSSR count). The summed E-state index contributed by atoms with van der Waals surface area (Å²) in [4.78, 5) is 15.9. The number of quaternary nitrogens is 1. The minimum atomic E-state index is -0.168. The van der Waals surface area contributed by atoms with Gasteiger partial charge in [0, 0.05) is 12.0 Å². The second-order valence-electron chi connectivity index (χ2n) is 8.15. The SMILES string of the molecule is C/C(=C/c1ccccc1)[C@H]1NC(=O)c2c(sc3c2CC[NH+](Cc2ccccc2)C3)N1. The van der Waals surface area contributed by atoms with E-state index >= 15 is 0 Å². The van der Waals surface area contributed by atoms with Gasteiger partial charge in [-0.05, 0) is 23.6 Å². The predicted octanol–water partition coefficient (Wildman–Crippen LogP) is 3.47. The molecule has 0 fully saturated rings. The summed E-state index contributed by atoms with van der Waals surface area (Å²) in [6.07, 6.45) is 2.92. The Kier molecular flexibility index (Phi) is 5.15. The number of fused-ring (bicyclic) bond motifs is 3. The third-order valence-corrected chi connectivity index (χ3v) is 7.12. The summed E-state index contributed by atoms with van der Waals surface area (Å²) in [7, 11) is 0. The molecule has 0 bridgehead atoms. The van der Waals surface area contributed by atoms with E-state index in [1.54, 1.807) is 16.2 Å². The summed E-state index contributed by atoms with van der Waals surface area (Å²) < 4.78 is 0. The van der Waals surface area contributed by atoms with Crippen molar-refractivity contribution in [3.05, 3.63) is 93.4 Å². The highest BCUT2D eigenvalue weighted by atomic mass is 32.1. The highest BCUT2D eigenvalue weighted by Crippen LogP contribution is 2.37. The van der Waals surface area contributed by atoms with Crippen LogP contribution in [-0.4, -0.2) is 18.6 Å². The van der Waals surface area contributed by atoms with Gasteiger partial charge in [-0.25, -0.2) is 0 Å². The molecular weight excluding hydrogens is 390 g/mol. The first kappa shape index (κ1) is 19.1. The van der Waals surface area contributed by atoms with Gasteiger partial charge in [-0.3, -0.25) is 4.79 Å². The van der Waals surface area contributed by atoms with Gasteiger partial charge in [-0.2, -0.15) is 0 Å². The summed E-state index contributed by atoms with van der Waals surface area (Å²) in [5.74, 6) is 0.0542. The van der Waals surface area contributed by atoms with Crippen molar-refractivity contribution in [1.29, 1.82) is 0 Å². The zero-order chi connectivity index (χ0) is 20.5. The molecule has 1 aromatic heterocycles. The van der Waals surface area contributed by atoms with E-state index in [0.717, 1.165) is 47.8 Å². The van der Waals surface area contributed by atoms with Crippen LogP contribution in [0.1, 0.15) is 38.8 Å². The second kappa shape index (κ2) is 8.09. The van der Waals surface area contributed by atoms with Crippen molar-refractivity contribution in [3.63, 3.8) is 0 Å². The van der Waals surface area contributed by atoms with Crippen LogP contribution >= 0.6 is 11.3 Å². The Labute approximate surface area is 181 Å². The Hall–Kier alpha value is -2.89. The zero-order valence-electron chi connectivity index (χ0n) is 17.1. The van der Waals surface area contributed by atoms with E-state index in [-0.39, 0.29) is 12.1 Å². The first-order valence-corrected chi connectivity index (χ1v) is 11.3. The number of thiophene rings is 1. The number of hydrogen-bond acceptors (Lipinski definition) is 3. The first-order valence-electron chi connectivity index (χ1n) is 10.5. The van der Waals surface area contributed by atoms with E-state index in [1.165, 1.54) is 16.0 Å². The molecule has 2 atom stereocenters. The smallest absolute Gasteiger partial charge is 0.256 e. The lowest BCUT2D eigenvalue weighted by atomic mass is 10.00. The van der Waals surface area contributed by atoms with E-state index in [0.29, 0.717) is 0 Å². The second-order valence-corrected chi connectivity index (χ2v) is 9.25. The van der Waals surface area contributed by atoms with Gasteiger partial charge in [0.1, 0.15) is 24.3 Å². The fraction of sp³-hybridized carbons (Fsp3) is 0.240. The monoisotopic (exact) mass is 416 g/mol. The fourth-order valence-electron chi connectivity index (χ4n) is 4.41. The number of anilines is 1. The van der Waals surface area contributed by atoms with Crippen LogP contribution in [0.2, 0.25) is 0 Å². The highest BCUT2D eigenvalue weighted by Gasteiger charge is 2.34. The van der Waals surface area contributed by atoms with Gasteiger partial charge in [-0.1, -0.05) is 66.7 Å². The van der Waals surface area contributed by atoms with Gasteiger partial charge in [0.25, 0.3) is 5.91 Å². The van der Waals surface area contributed by atoms with Crippen molar-refractivity contribution in [2.24, 2.45) is 0 Å². The third-order valence-electron chi connectivity index (χ3n) is 5.95. The number of benzene rings is 2. The quantitative estimate of drug-likeness (QED) is 0.610. The van der Waals surface area contributed by atoms with Gasteiger partial charge >= 0.3 is 0 Å². The van der Waals surface area contributed by atoms with Crippen molar-refractivity contribution in [3.8, 4) is 0 Å². The molecule has 30 heavy (non-hydrogen) atoms. The van der Waals surface area contributed by atoms with Crippen LogP contribution in [0.3, 0.4) is 0 Å². The van der Waals surface area contributed by atoms with Gasteiger partial charge in [0.15, 0.2) is 0 Å². The first-order chi connectivity index (χ1) is 14.7. The van der Waals surface area contributed by atoms with Gasteiger partial charge in [-0.15, -0.1) is 11.3 Å². The largest absolute Gasteiger partial charge is 0.353 e. The predicted molar refractivity (Wildman–Crippen MR) is 123 cm³/mol. The molecule has 0 spiro atoms. The Morgan fingerprint density at radius 1 is 1.10 bits per heavy atom. The molecule has 3 heterocycles. The van der Waals surface area contributed by atoms with Crippen molar-refractivity contribution >= 4 is 28.3 Å². The zero-order valence-corrected chi connectivity index (χ0v) is 17.9. The van der Waals surface area contributed by atoms with Crippen LogP contribution in [0, 0.1) is 0 Å². The van der Waals surface area contributed by atoms with Gasteiger partial charge in [0.05, 0.1) is 17.0 Å². The summed E-state index contributed by atoms with van der Waals surface area (Å²) in [5.41, 5.74) is 5.73. The van der Waals surface area contributed by atoms with Gasteiger partial charge in [0.2, 0.25) is 0 Å². The average molecular weight is 417 g/mol. The highest BCUT2D eigenvalue weighted by molar-refractivity contribution is 7.16.